The summed E-state index contributed by atoms with van der Waals surface area (Å²) in [6, 6.07) is 4.06. The van der Waals surface area contributed by atoms with Crippen LogP contribution in [0.2, 0.25) is 5.02 Å². The van der Waals surface area contributed by atoms with E-state index >= 15 is 0 Å². The molecule has 0 unspecified atom stereocenters. The number of benzene rings is 1. The average Bonchev–Trinajstić information content (AvgIpc) is 2.30. The number of non-ortho nitro benzene ring substituents is 1. The van der Waals surface area contributed by atoms with E-state index in [9.17, 15) is 10.1 Å². The van der Waals surface area contributed by atoms with E-state index in [-0.39, 0.29) is 11.5 Å². The van der Waals surface area contributed by atoms with Gasteiger partial charge in [0.15, 0.2) is 0 Å². The first kappa shape index (κ1) is 14.2. The Hall–Kier alpha value is -1.82. The summed E-state index contributed by atoms with van der Waals surface area (Å²) >= 11 is 5.86. The topological polar surface area (TPSA) is 102 Å². The largest absolute Gasteiger partial charge is 0.492 e. The van der Waals surface area contributed by atoms with Crippen molar-refractivity contribution in [2.75, 3.05) is 6.61 Å². The molecule has 3 N–H and O–H groups in total. The lowest BCUT2D eigenvalue weighted by molar-refractivity contribution is -0.384. The molecule has 0 aliphatic rings. The first-order chi connectivity index (χ1) is 8.50. The van der Waals surface area contributed by atoms with Crippen LogP contribution in [0.25, 0.3) is 0 Å². The molecule has 98 valence electrons. The van der Waals surface area contributed by atoms with Crippen molar-refractivity contribution in [2.24, 2.45) is 5.73 Å². The molecule has 0 aromatic heterocycles. The van der Waals surface area contributed by atoms with Crippen LogP contribution in [0.5, 0.6) is 5.75 Å². The van der Waals surface area contributed by atoms with Gasteiger partial charge in [-0.1, -0.05) is 11.6 Å². The maximum absolute atomic E-state index is 10.6. The van der Waals surface area contributed by atoms with Crippen LogP contribution in [0.15, 0.2) is 18.2 Å². The Morgan fingerprint density at radius 3 is 2.83 bits per heavy atom. The summed E-state index contributed by atoms with van der Waals surface area (Å²) in [4.78, 5) is 10.1. The summed E-state index contributed by atoms with van der Waals surface area (Å²) in [5, 5.41) is 18.0. The van der Waals surface area contributed by atoms with Crippen molar-refractivity contribution in [1.82, 2.24) is 0 Å². The van der Waals surface area contributed by atoms with Gasteiger partial charge >= 0.3 is 0 Å². The maximum Gasteiger partial charge on any atom is 0.273 e. The molecule has 6 nitrogen and oxygen atoms in total. The monoisotopic (exact) mass is 271 g/mol. The standard InChI is InChI=1S/C11H14ClN3O3/c12-9-5-4-8(15(16)17)7-10(9)18-6-2-1-3-11(13)14/h4-5,7H,1-3,6H2,(H3,13,14). The first-order valence-electron chi connectivity index (χ1n) is 5.40. The van der Waals surface area contributed by atoms with E-state index in [0.29, 0.717) is 30.2 Å². The van der Waals surface area contributed by atoms with Gasteiger partial charge in [-0.25, -0.2) is 0 Å². The molecule has 0 amide bonds. The number of nitrogens with zero attached hydrogens (tertiary/aromatic N) is 1. The number of nitro groups is 1. The molecule has 18 heavy (non-hydrogen) atoms. The van der Waals surface area contributed by atoms with E-state index in [1.807, 2.05) is 0 Å². The minimum absolute atomic E-state index is 0.0573. The van der Waals surface area contributed by atoms with Crippen LogP contribution in [0, 0.1) is 15.5 Å². The van der Waals surface area contributed by atoms with Gasteiger partial charge in [-0.15, -0.1) is 0 Å². The summed E-state index contributed by atoms with van der Waals surface area (Å²) in [5.41, 5.74) is 5.15. The van der Waals surface area contributed by atoms with E-state index in [2.05, 4.69) is 0 Å². The Morgan fingerprint density at radius 1 is 1.50 bits per heavy atom. The Labute approximate surface area is 109 Å². The van der Waals surface area contributed by atoms with Crippen LogP contribution < -0.4 is 10.5 Å². The van der Waals surface area contributed by atoms with Crippen molar-refractivity contribution in [3.8, 4) is 5.75 Å². The number of hydrogen-bond acceptors (Lipinski definition) is 4. The minimum atomic E-state index is -0.501. The molecular formula is C11H14ClN3O3. The van der Waals surface area contributed by atoms with Crippen LogP contribution in [0.3, 0.4) is 0 Å². The van der Waals surface area contributed by atoms with Crippen LogP contribution in [-0.4, -0.2) is 17.4 Å². The molecule has 0 bridgehead atoms. The molecule has 1 aromatic carbocycles. The number of halogens is 1. The van der Waals surface area contributed by atoms with Crippen molar-refractivity contribution in [1.29, 1.82) is 5.41 Å². The highest BCUT2D eigenvalue weighted by atomic mass is 35.5. The van der Waals surface area contributed by atoms with Crippen molar-refractivity contribution in [3.05, 3.63) is 33.3 Å². The third-order valence-corrected chi connectivity index (χ3v) is 2.54. The zero-order valence-electron chi connectivity index (χ0n) is 9.69. The zero-order chi connectivity index (χ0) is 13.5. The highest BCUT2D eigenvalue weighted by Gasteiger charge is 2.10. The van der Waals surface area contributed by atoms with Gasteiger partial charge in [0.1, 0.15) is 5.75 Å². The van der Waals surface area contributed by atoms with Gasteiger partial charge in [-0.3, -0.25) is 15.5 Å². The lowest BCUT2D eigenvalue weighted by Crippen LogP contribution is -2.09. The molecular weight excluding hydrogens is 258 g/mol. The van der Waals surface area contributed by atoms with E-state index in [4.69, 9.17) is 27.5 Å². The number of amidine groups is 1. The normalized spacial score (nSPS) is 10.1. The predicted octanol–water partition coefficient (Wildman–Crippen LogP) is 2.73. The van der Waals surface area contributed by atoms with Crippen LogP contribution >= 0.6 is 11.6 Å². The number of nitrogens with two attached hydrogens (primary N) is 1. The second-order valence-electron chi connectivity index (χ2n) is 3.70. The molecule has 0 aliphatic heterocycles. The summed E-state index contributed by atoms with van der Waals surface area (Å²) in [6.45, 7) is 0.383. The molecule has 0 aliphatic carbocycles. The van der Waals surface area contributed by atoms with Crippen molar-refractivity contribution >= 4 is 23.1 Å². The fourth-order valence-corrected chi connectivity index (χ4v) is 1.49. The molecule has 7 heteroatoms. The van der Waals surface area contributed by atoms with Crippen molar-refractivity contribution in [3.63, 3.8) is 0 Å². The highest BCUT2D eigenvalue weighted by molar-refractivity contribution is 6.32. The fourth-order valence-electron chi connectivity index (χ4n) is 1.32. The van der Waals surface area contributed by atoms with Gasteiger partial charge in [0.05, 0.1) is 28.5 Å². The van der Waals surface area contributed by atoms with E-state index in [1.165, 1.54) is 18.2 Å². The Kier molecular flexibility index (Phi) is 5.38. The number of rotatable bonds is 7. The van der Waals surface area contributed by atoms with Gasteiger partial charge in [0.25, 0.3) is 5.69 Å². The Morgan fingerprint density at radius 2 is 2.22 bits per heavy atom. The number of nitro benzene ring substituents is 1. The molecule has 0 fully saturated rings. The van der Waals surface area contributed by atoms with E-state index in [0.717, 1.165) is 6.42 Å². The SMILES string of the molecule is N=C(N)CCCCOc1cc([N+](=O)[O-])ccc1Cl. The smallest absolute Gasteiger partial charge is 0.273 e. The summed E-state index contributed by atoms with van der Waals surface area (Å²) < 4.78 is 5.36. The number of nitrogens with one attached hydrogen (secondary N) is 1. The molecule has 0 saturated carbocycles. The maximum atomic E-state index is 10.6. The molecule has 1 rings (SSSR count). The van der Waals surface area contributed by atoms with Crippen molar-refractivity contribution < 1.29 is 9.66 Å². The number of hydrogen-bond donors (Lipinski definition) is 2. The first-order valence-corrected chi connectivity index (χ1v) is 5.78. The lowest BCUT2D eigenvalue weighted by atomic mass is 10.2. The van der Waals surface area contributed by atoms with Crippen LogP contribution in [0.1, 0.15) is 19.3 Å². The summed E-state index contributed by atoms with van der Waals surface area (Å²) in [5.74, 6) is 0.442. The fraction of sp³-hybridized carbons (Fsp3) is 0.364. The molecule has 0 radical (unpaired) electrons. The molecule has 0 heterocycles. The molecule has 0 atom stereocenters. The molecule has 1 aromatic rings. The molecule has 0 saturated heterocycles. The minimum Gasteiger partial charge on any atom is -0.492 e. The van der Waals surface area contributed by atoms with E-state index < -0.39 is 4.92 Å². The Balaban J connectivity index is 2.48. The van der Waals surface area contributed by atoms with Gasteiger partial charge in [-0.05, 0) is 18.9 Å². The Bertz CT molecular complexity index is 451. The van der Waals surface area contributed by atoms with Gasteiger partial charge in [0, 0.05) is 12.5 Å². The average molecular weight is 272 g/mol. The quantitative estimate of drug-likeness (QED) is 0.262. The van der Waals surface area contributed by atoms with Crippen LogP contribution in [-0.2, 0) is 0 Å². The predicted molar refractivity (Wildman–Crippen MR) is 69.4 cm³/mol. The molecule has 0 spiro atoms. The second-order valence-corrected chi connectivity index (χ2v) is 4.11. The summed E-state index contributed by atoms with van der Waals surface area (Å²) in [7, 11) is 0. The number of ether oxygens (including phenoxy) is 1. The zero-order valence-corrected chi connectivity index (χ0v) is 10.4. The summed E-state index contributed by atoms with van der Waals surface area (Å²) in [6.07, 6.45) is 1.96. The second kappa shape index (κ2) is 6.80. The van der Waals surface area contributed by atoms with Crippen molar-refractivity contribution in [2.45, 2.75) is 19.3 Å². The van der Waals surface area contributed by atoms with E-state index in [1.54, 1.807) is 0 Å². The lowest BCUT2D eigenvalue weighted by Gasteiger charge is -2.07. The van der Waals surface area contributed by atoms with Gasteiger partial charge < -0.3 is 10.5 Å². The van der Waals surface area contributed by atoms with Gasteiger partial charge in [0.2, 0.25) is 0 Å². The third kappa shape index (κ3) is 4.58. The van der Waals surface area contributed by atoms with Crippen LogP contribution in [0.4, 0.5) is 5.69 Å². The third-order valence-electron chi connectivity index (χ3n) is 2.22. The van der Waals surface area contributed by atoms with Gasteiger partial charge in [-0.2, -0.15) is 0 Å². The highest BCUT2D eigenvalue weighted by Crippen LogP contribution is 2.28. The number of unbranched alkanes of at least 4 members (excludes halogenated alkanes) is 1.